The molecule has 2 aromatic carbocycles. The standard InChI is InChI=1S/C28H38N6O7/c1-18-7-4-5-8-21(18)31-27(39)32-22-12-10-19(15-24(22)41-3)9-11-20(35)17-30-13-6-14-34(2)28(40)33-23(26(29)38)16-25(36)37/h4-5,7-8,10,12,15,23,30H,6,9,11,13-14,16-17H2,1-3H3,(H2,29,38)(H,33,40)(H,36,37)(H2,31,32,39). The minimum atomic E-state index is -1.30. The third kappa shape index (κ3) is 11.5. The van der Waals surface area contributed by atoms with E-state index in [1.807, 2.05) is 37.3 Å². The average Bonchev–Trinajstić information content (AvgIpc) is 2.92. The number of para-hydroxylation sites is 1. The number of nitrogens with one attached hydrogen (secondary N) is 4. The first-order chi connectivity index (χ1) is 19.5. The molecule has 2 rings (SSSR count). The first-order valence-electron chi connectivity index (χ1n) is 13.1. The van der Waals surface area contributed by atoms with E-state index in [4.69, 9.17) is 15.6 Å². The van der Waals surface area contributed by atoms with Crippen molar-refractivity contribution in [2.24, 2.45) is 5.73 Å². The number of amides is 5. The van der Waals surface area contributed by atoms with Crippen molar-refractivity contribution in [1.29, 1.82) is 0 Å². The second kappa shape index (κ2) is 16.5. The fourth-order valence-electron chi connectivity index (χ4n) is 3.78. The van der Waals surface area contributed by atoms with Gasteiger partial charge < -0.3 is 41.7 Å². The molecule has 1 atom stereocenters. The molecular formula is C28H38N6O7. The highest BCUT2D eigenvalue weighted by molar-refractivity contribution is 6.01. The van der Waals surface area contributed by atoms with Crippen LogP contribution < -0.4 is 31.7 Å². The van der Waals surface area contributed by atoms with Crippen molar-refractivity contribution in [2.75, 3.05) is 44.4 Å². The Morgan fingerprint density at radius 3 is 2.41 bits per heavy atom. The van der Waals surface area contributed by atoms with Gasteiger partial charge in [0, 0.05) is 25.7 Å². The van der Waals surface area contributed by atoms with Crippen LogP contribution in [0.5, 0.6) is 5.75 Å². The molecule has 0 radical (unpaired) electrons. The summed E-state index contributed by atoms with van der Waals surface area (Å²) in [6.45, 7) is 2.85. The number of benzene rings is 2. The van der Waals surface area contributed by atoms with E-state index < -0.39 is 36.4 Å². The third-order valence-corrected chi connectivity index (χ3v) is 6.14. The number of carboxylic acid groups (broad SMARTS) is 1. The maximum absolute atomic E-state index is 12.4. The van der Waals surface area contributed by atoms with Crippen LogP contribution >= 0.6 is 0 Å². The number of hydrogen-bond acceptors (Lipinski definition) is 7. The zero-order valence-corrected chi connectivity index (χ0v) is 23.5. The highest BCUT2D eigenvalue weighted by atomic mass is 16.5. The summed E-state index contributed by atoms with van der Waals surface area (Å²) in [6, 6.07) is 10.5. The number of aryl methyl sites for hydroxylation is 2. The summed E-state index contributed by atoms with van der Waals surface area (Å²) in [5.74, 6) is -1.70. The zero-order valence-electron chi connectivity index (χ0n) is 23.5. The van der Waals surface area contributed by atoms with Gasteiger partial charge in [-0.05, 0) is 55.6 Å². The normalized spacial score (nSPS) is 11.2. The molecule has 0 saturated heterocycles. The first-order valence-corrected chi connectivity index (χ1v) is 13.1. The molecule has 0 saturated carbocycles. The molecular weight excluding hydrogens is 532 g/mol. The lowest BCUT2D eigenvalue weighted by molar-refractivity contribution is -0.139. The van der Waals surface area contributed by atoms with Gasteiger partial charge in [-0.1, -0.05) is 24.3 Å². The van der Waals surface area contributed by atoms with Gasteiger partial charge in [0.2, 0.25) is 5.91 Å². The van der Waals surface area contributed by atoms with Crippen LogP contribution in [0, 0.1) is 6.92 Å². The number of anilines is 2. The Labute approximate surface area is 238 Å². The van der Waals surface area contributed by atoms with Crippen molar-refractivity contribution in [1.82, 2.24) is 15.5 Å². The maximum Gasteiger partial charge on any atom is 0.323 e. The lowest BCUT2D eigenvalue weighted by atomic mass is 10.1. The number of ketones is 1. The fraction of sp³-hybridized carbons (Fsp3) is 0.393. The number of ether oxygens (including phenoxy) is 1. The van der Waals surface area contributed by atoms with Crippen LogP contribution in [0.15, 0.2) is 42.5 Å². The van der Waals surface area contributed by atoms with E-state index >= 15 is 0 Å². The molecule has 5 amide bonds. The van der Waals surface area contributed by atoms with Gasteiger partial charge in [0.25, 0.3) is 0 Å². The minimum absolute atomic E-state index is 0.00726. The van der Waals surface area contributed by atoms with Crippen molar-refractivity contribution >= 4 is 41.1 Å². The van der Waals surface area contributed by atoms with Crippen molar-refractivity contribution in [3.63, 3.8) is 0 Å². The molecule has 0 aromatic heterocycles. The van der Waals surface area contributed by atoms with Crippen molar-refractivity contribution < 1.29 is 33.8 Å². The van der Waals surface area contributed by atoms with Crippen LogP contribution in [-0.4, -0.2) is 79.6 Å². The Hall–Kier alpha value is -4.65. The third-order valence-electron chi connectivity index (χ3n) is 6.14. The van der Waals surface area contributed by atoms with E-state index in [2.05, 4.69) is 21.3 Å². The number of nitrogens with zero attached hydrogens (tertiary/aromatic N) is 1. The van der Waals surface area contributed by atoms with Gasteiger partial charge in [-0.3, -0.25) is 14.4 Å². The summed E-state index contributed by atoms with van der Waals surface area (Å²) in [5.41, 5.74) is 8.15. The number of methoxy groups -OCH3 is 1. The smallest absolute Gasteiger partial charge is 0.323 e. The summed E-state index contributed by atoms with van der Waals surface area (Å²) in [4.78, 5) is 60.3. The summed E-state index contributed by atoms with van der Waals surface area (Å²) in [6.07, 6.45) is 0.725. The van der Waals surface area contributed by atoms with Crippen LogP contribution in [0.3, 0.4) is 0 Å². The lowest BCUT2D eigenvalue weighted by Gasteiger charge is -2.21. The van der Waals surface area contributed by atoms with Crippen LogP contribution in [0.4, 0.5) is 21.0 Å². The lowest BCUT2D eigenvalue weighted by Crippen LogP contribution is -2.50. The van der Waals surface area contributed by atoms with Crippen LogP contribution in [0.2, 0.25) is 0 Å². The van der Waals surface area contributed by atoms with Gasteiger partial charge in [-0.2, -0.15) is 0 Å². The summed E-state index contributed by atoms with van der Waals surface area (Å²) in [7, 11) is 3.01. The molecule has 13 heteroatoms. The number of rotatable bonds is 16. The quantitative estimate of drug-likeness (QED) is 0.165. The van der Waals surface area contributed by atoms with Crippen LogP contribution in [-0.2, 0) is 20.8 Å². The van der Waals surface area contributed by atoms with E-state index in [0.717, 1.165) is 11.1 Å². The monoisotopic (exact) mass is 570 g/mol. The van der Waals surface area contributed by atoms with Crippen molar-refractivity contribution in [3.05, 3.63) is 53.6 Å². The second-order valence-electron chi connectivity index (χ2n) is 9.42. The molecule has 1 unspecified atom stereocenters. The molecule has 0 bridgehead atoms. The fourth-order valence-corrected chi connectivity index (χ4v) is 3.78. The van der Waals surface area contributed by atoms with E-state index in [1.165, 1.54) is 19.1 Å². The number of carbonyl (C=O) groups excluding carboxylic acids is 4. The van der Waals surface area contributed by atoms with Crippen molar-refractivity contribution in [3.8, 4) is 5.75 Å². The molecule has 0 aliphatic heterocycles. The van der Waals surface area contributed by atoms with E-state index in [-0.39, 0.29) is 12.3 Å². The number of nitrogens with two attached hydrogens (primary N) is 1. The molecule has 222 valence electrons. The van der Waals surface area contributed by atoms with Gasteiger partial charge in [0.1, 0.15) is 17.6 Å². The Bertz CT molecular complexity index is 1240. The summed E-state index contributed by atoms with van der Waals surface area (Å²) < 4.78 is 5.42. The molecule has 0 spiro atoms. The average molecular weight is 571 g/mol. The Kier molecular flexibility index (Phi) is 13.1. The molecule has 0 fully saturated rings. The Morgan fingerprint density at radius 2 is 1.76 bits per heavy atom. The highest BCUT2D eigenvalue weighted by Crippen LogP contribution is 2.26. The molecule has 13 nitrogen and oxygen atoms in total. The number of primary amides is 1. The van der Waals surface area contributed by atoms with Gasteiger partial charge >= 0.3 is 18.0 Å². The van der Waals surface area contributed by atoms with Crippen LogP contribution in [0.1, 0.15) is 30.4 Å². The topological polar surface area (TPSA) is 192 Å². The zero-order chi connectivity index (χ0) is 30.4. The number of hydrogen-bond donors (Lipinski definition) is 6. The van der Waals surface area contributed by atoms with Gasteiger partial charge in [0.05, 0.1) is 25.8 Å². The minimum Gasteiger partial charge on any atom is -0.495 e. The molecule has 7 N–H and O–H groups in total. The van der Waals surface area contributed by atoms with Gasteiger partial charge in [-0.15, -0.1) is 0 Å². The first kappa shape index (κ1) is 32.6. The number of carbonyl (C=O) groups is 5. The van der Waals surface area contributed by atoms with Crippen LogP contribution in [0.25, 0.3) is 0 Å². The van der Waals surface area contributed by atoms with Gasteiger partial charge in [-0.25, -0.2) is 9.59 Å². The van der Waals surface area contributed by atoms with Crippen molar-refractivity contribution in [2.45, 2.75) is 38.6 Å². The molecule has 0 aliphatic rings. The summed E-state index contributed by atoms with van der Waals surface area (Å²) >= 11 is 0. The molecule has 2 aromatic rings. The Balaban J connectivity index is 1.71. The molecule has 0 aliphatic carbocycles. The number of carboxylic acids is 1. The number of urea groups is 2. The number of Topliss-reactive ketones (excluding diaryl/α,β-unsaturated/α-hetero) is 1. The Morgan fingerprint density at radius 1 is 1.05 bits per heavy atom. The molecule has 41 heavy (non-hydrogen) atoms. The van der Waals surface area contributed by atoms with E-state index in [9.17, 15) is 24.0 Å². The molecule has 0 heterocycles. The van der Waals surface area contributed by atoms with E-state index in [1.54, 1.807) is 12.1 Å². The highest BCUT2D eigenvalue weighted by Gasteiger charge is 2.22. The maximum atomic E-state index is 12.4. The predicted octanol–water partition coefficient (Wildman–Crippen LogP) is 2.10. The SMILES string of the molecule is COc1cc(CCC(=O)CNCCCN(C)C(=O)NC(CC(=O)O)C(N)=O)ccc1NC(=O)Nc1ccccc1C. The number of aliphatic carboxylic acids is 1. The van der Waals surface area contributed by atoms with Gasteiger partial charge in [0.15, 0.2) is 0 Å². The van der Waals surface area contributed by atoms with E-state index in [0.29, 0.717) is 49.5 Å². The summed E-state index contributed by atoms with van der Waals surface area (Å²) in [5, 5.41) is 19.7. The second-order valence-corrected chi connectivity index (χ2v) is 9.42. The predicted molar refractivity (Wildman–Crippen MR) is 154 cm³/mol. The largest absolute Gasteiger partial charge is 0.495 e.